The number of nitrogens with zero attached hydrogens (tertiary/aromatic N) is 1. The molecule has 1 N–H and O–H groups in total. The lowest BCUT2D eigenvalue weighted by Gasteiger charge is -2.15. The number of furan rings is 1. The van der Waals surface area contributed by atoms with Gasteiger partial charge in [-0.1, -0.05) is 0 Å². The van der Waals surface area contributed by atoms with Crippen LogP contribution < -0.4 is 14.9 Å². The van der Waals surface area contributed by atoms with Crippen LogP contribution in [0.1, 0.15) is 49.6 Å². The van der Waals surface area contributed by atoms with E-state index in [2.05, 4.69) is 10.5 Å². The van der Waals surface area contributed by atoms with Crippen LogP contribution >= 0.6 is 0 Å². The van der Waals surface area contributed by atoms with Gasteiger partial charge in [0.1, 0.15) is 17.3 Å². The minimum atomic E-state index is -0.407. The molecule has 0 aliphatic rings. The SMILES string of the molecule is Cc1ccc(C(=O)N/N=C\c2ccc(OC(C)C)cc2OC(C)C)o1. The summed E-state index contributed by atoms with van der Waals surface area (Å²) in [5.74, 6) is 1.84. The molecule has 0 saturated carbocycles. The van der Waals surface area contributed by atoms with Gasteiger partial charge in [-0.3, -0.25) is 4.79 Å². The van der Waals surface area contributed by atoms with Gasteiger partial charge in [0.05, 0.1) is 18.4 Å². The largest absolute Gasteiger partial charge is 0.491 e. The van der Waals surface area contributed by atoms with Crippen molar-refractivity contribution in [2.45, 2.75) is 46.8 Å². The average Bonchev–Trinajstić information content (AvgIpc) is 2.94. The van der Waals surface area contributed by atoms with E-state index >= 15 is 0 Å². The molecule has 0 radical (unpaired) electrons. The zero-order valence-corrected chi connectivity index (χ0v) is 15.2. The molecule has 2 rings (SSSR count). The van der Waals surface area contributed by atoms with Gasteiger partial charge in [-0.15, -0.1) is 0 Å². The van der Waals surface area contributed by atoms with Crippen molar-refractivity contribution < 1.29 is 18.7 Å². The van der Waals surface area contributed by atoms with Crippen LogP contribution in [0.4, 0.5) is 0 Å². The molecule has 0 aliphatic heterocycles. The predicted octanol–water partition coefficient (Wildman–Crippen LogP) is 3.93. The fourth-order valence-electron chi connectivity index (χ4n) is 2.09. The Balaban J connectivity index is 2.12. The highest BCUT2D eigenvalue weighted by Gasteiger charge is 2.10. The van der Waals surface area contributed by atoms with Gasteiger partial charge in [-0.25, -0.2) is 5.43 Å². The summed E-state index contributed by atoms with van der Waals surface area (Å²) in [6, 6.07) is 8.82. The molecule has 1 amide bonds. The van der Waals surface area contributed by atoms with E-state index in [0.29, 0.717) is 11.5 Å². The van der Waals surface area contributed by atoms with Crippen LogP contribution in [0.5, 0.6) is 11.5 Å². The molecule has 0 atom stereocenters. The number of hydrazone groups is 1. The highest BCUT2D eigenvalue weighted by Crippen LogP contribution is 2.25. The number of nitrogens with one attached hydrogen (secondary N) is 1. The summed E-state index contributed by atoms with van der Waals surface area (Å²) in [5.41, 5.74) is 3.17. The maximum absolute atomic E-state index is 11.9. The van der Waals surface area contributed by atoms with Crippen LogP contribution in [-0.2, 0) is 0 Å². The standard InChI is InChI=1S/C19H24N2O4/c1-12(2)23-16-8-7-15(18(10-16)24-13(3)4)11-20-21-19(22)17-9-6-14(5)25-17/h6-13H,1-5H3,(H,21,22)/b20-11-. The van der Waals surface area contributed by atoms with Gasteiger partial charge in [0.15, 0.2) is 5.76 Å². The molecule has 0 aliphatic carbocycles. The van der Waals surface area contributed by atoms with Gasteiger partial charge in [0.25, 0.3) is 0 Å². The maximum atomic E-state index is 11.9. The minimum Gasteiger partial charge on any atom is -0.491 e. The van der Waals surface area contributed by atoms with E-state index in [0.717, 1.165) is 11.3 Å². The monoisotopic (exact) mass is 344 g/mol. The second-order valence-corrected chi connectivity index (χ2v) is 6.14. The van der Waals surface area contributed by atoms with Crippen LogP contribution in [0.2, 0.25) is 0 Å². The van der Waals surface area contributed by atoms with E-state index in [9.17, 15) is 4.79 Å². The normalized spacial score (nSPS) is 11.3. The van der Waals surface area contributed by atoms with Crippen molar-refractivity contribution in [1.29, 1.82) is 0 Å². The molecule has 1 heterocycles. The van der Waals surface area contributed by atoms with Crippen molar-refractivity contribution in [2.24, 2.45) is 5.10 Å². The van der Waals surface area contributed by atoms with Gasteiger partial charge >= 0.3 is 5.91 Å². The molecule has 0 fully saturated rings. The van der Waals surface area contributed by atoms with E-state index in [1.54, 1.807) is 19.1 Å². The Hall–Kier alpha value is -2.76. The van der Waals surface area contributed by atoms with Crippen LogP contribution in [-0.4, -0.2) is 24.3 Å². The maximum Gasteiger partial charge on any atom is 0.307 e. The van der Waals surface area contributed by atoms with E-state index in [1.165, 1.54) is 6.21 Å². The summed E-state index contributed by atoms with van der Waals surface area (Å²) < 4.78 is 16.7. The summed E-state index contributed by atoms with van der Waals surface area (Å²) in [6.07, 6.45) is 1.61. The third kappa shape index (κ3) is 5.67. The zero-order valence-electron chi connectivity index (χ0n) is 15.2. The van der Waals surface area contributed by atoms with Crippen molar-refractivity contribution in [2.75, 3.05) is 0 Å². The topological polar surface area (TPSA) is 73.1 Å². The first-order valence-electron chi connectivity index (χ1n) is 8.22. The molecule has 6 nitrogen and oxygen atoms in total. The Kier molecular flexibility index (Phi) is 6.22. The van der Waals surface area contributed by atoms with Crippen molar-refractivity contribution in [1.82, 2.24) is 5.43 Å². The van der Waals surface area contributed by atoms with Crippen molar-refractivity contribution >= 4 is 12.1 Å². The van der Waals surface area contributed by atoms with Gasteiger partial charge in [0, 0.05) is 11.6 Å². The highest BCUT2D eigenvalue weighted by atomic mass is 16.5. The molecule has 0 spiro atoms. The van der Waals surface area contributed by atoms with Gasteiger partial charge in [0.2, 0.25) is 0 Å². The average molecular weight is 344 g/mol. The summed E-state index contributed by atoms with van der Waals surface area (Å²) in [5, 5.41) is 3.98. The van der Waals surface area contributed by atoms with Crippen LogP contribution in [0.3, 0.4) is 0 Å². The van der Waals surface area contributed by atoms with E-state index in [1.807, 2.05) is 45.9 Å². The van der Waals surface area contributed by atoms with Crippen molar-refractivity contribution in [3.05, 3.63) is 47.4 Å². The Morgan fingerprint density at radius 2 is 1.84 bits per heavy atom. The number of carbonyl (C=O) groups excluding carboxylic acids is 1. The van der Waals surface area contributed by atoms with Crippen molar-refractivity contribution in [3.63, 3.8) is 0 Å². The number of hydrogen-bond acceptors (Lipinski definition) is 5. The molecule has 134 valence electrons. The second kappa shape index (κ2) is 8.37. The quantitative estimate of drug-likeness (QED) is 0.610. The third-order valence-electron chi connectivity index (χ3n) is 3.05. The molecule has 0 bridgehead atoms. The summed E-state index contributed by atoms with van der Waals surface area (Å²) in [6.45, 7) is 9.58. The second-order valence-electron chi connectivity index (χ2n) is 6.14. The van der Waals surface area contributed by atoms with Crippen LogP contribution in [0, 0.1) is 6.92 Å². The molecule has 1 aromatic heterocycles. The fourth-order valence-corrected chi connectivity index (χ4v) is 2.09. The lowest BCUT2D eigenvalue weighted by Crippen LogP contribution is -2.17. The number of ether oxygens (including phenoxy) is 2. The van der Waals surface area contributed by atoms with Gasteiger partial charge in [-0.05, 0) is 58.9 Å². The Bertz CT molecular complexity index is 748. The minimum absolute atomic E-state index is 0.00198. The number of benzene rings is 1. The Morgan fingerprint density at radius 3 is 2.44 bits per heavy atom. The molecule has 25 heavy (non-hydrogen) atoms. The van der Waals surface area contributed by atoms with E-state index < -0.39 is 5.91 Å². The first-order valence-corrected chi connectivity index (χ1v) is 8.22. The molecule has 2 aromatic rings. The molecule has 6 heteroatoms. The lowest BCUT2D eigenvalue weighted by molar-refractivity contribution is 0.0926. The van der Waals surface area contributed by atoms with Crippen LogP contribution in [0.25, 0.3) is 0 Å². The number of carbonyl (C=O) groups is 1. The van der Waals surface area contributed by atoms with Crippen molar-refractivity contribution in [3.8, 4) is 11.5 Å². The van der Waals surface area contributed by atoms with E-state index in [4.69, 9.17) is 13.9 Å². The number of aryl methyl sites for hydroxylation is 1. The summed E-state index contributed by atoms with van der Waals surface area (Å²) in [4.78, 5) is 11.9. The number of rotatable bonds is 7. The molecule has 0 saturated heterocycles. The van der Waals surface area contributed by atoms with Gasteiger partial charge < -0.3 is 13.9 Å². The zero-order chi connectivity index (χ0) is 18.4. The fraction of sp³-hybridized carbons (Fsp3) is 0.368. The molecule has 0 unspecified atom stereocenters. The van der Waals surface area contributed by atoms with Crippen LogP contribution in [0.15, 0.2) is 39.9 Å². The molecular weight excluding hydrogens is 320 g/mol. The number of amides is 1. The van der Waals surface area contributed by atoms with E-state index in [-0.39, 0.29) is 18.0 Å². The molecule has 1 aromatic carbocycles. The van der Waals surface area contributed by atoms with Gasteiger partial charge in [-0.2, -0.15) is 5.10 Å². The predicted molar refractivity (Wildman–Crippen MR) is 96.5 cm³/mol. The summed E-state index contributed by atoms with van der Waals surface area (Å²) >= 11 is 0. The Labute approximate surface area is 147 Å². The molecular formula is C19H24N2O4. The first kappa shape index (κ1) is 18.6. The lowest BCUT2D eigenvalue weighted by atomic mass is 10.2. The highest BCUT2D eigenvalue weighted by molar-refractivity contribution is 5.92. The Morgan fingerprint density at radius 1 is 1.12 bits per heavy atom. The smallest absolute Gasteiger partial charge is 0.307 e. The number of hydrogen-bond donors (Lipinski definition) is 1. The third-order valence-corrected chi connectivity index (χ3v) is 3.05. The first-order chi connectivity index (χ1) is 11.8. The summed E-state index contributed by atoms with van der Waals surface area (Å²) in [7, 11) is 0.